The zero-order valence-electron chi connectivity index (χ0n) is 17.9. The number of aromatic nitrogens is 2. The molecule has 1 aromatic carbocycles. The van der Waals surface area contributed by atoms with Gasteiger partial charge >= 0.3 is 0 Å². The maximum absolute atomic E-state index is 13.1. The van der Waals surface area contributed by atoms with E-state index in [0.717, 1.165) is 40.7 Å². The Kier molecular flexibility index (Phi) is 5.83. The number of amides is 1. The molecule has 0 unspecified atom stereocenters. The van der Waals surface area contributed by atoms with Crippen LogP contribution < -0.4 is 4.74 Å². The van der Waals surface area contributed by atoms with Crippen molar-refractivity contribution < 1.29 is 13.9 Å². The van der Waals surface area contributed by atoms with Gasteiger partial charge in [0.1, 0.15) is 17.1 Å². The van der Waals surface area contributed by atoms with E-state index in [1.165, 1.54) is 18.4 Å². The van der Waals surface area contributed by atoms with Crippen LogP contribution in [0.1, 0.15) is 35.3 Å². The first kappa shape index (κ1) is 20.2. The van der Waals surface area contributed by atoms with Gasteiger partial charge in [-0.3, -0.25) is 14.8 Å². The fourth-order valence-electron chi connectivity index (χ4n) is 4.22. The maximum Gasteiger partial charge on any atom is 0.261 e. The molecule has 0 N–H and O–H groups in total. The summed E-state index contributed by atoms with van der Waals surface area (Å²) in [7, 11) is 0. The Morgan fingerprint density at radius 3 is 2.66 bits per heavy atom. The smallest absolute Gasteiger partial charge is 0.261 e. The van der Waals surface area contributed by atoms with E-state index in [0.29, 0.717) is 18.8 Å². The van der Waals surface area contributed by atoms with Crippen molar-refractivity contribution in [3.8, 4) is 5.75 Å². The third kappa shape index (κ3) is 4.49. The summed E-state index contributed by atoms with van der Waals surface area (Å²) in [5.41, 5.74) is 4.18. The Labute approximate surface area is 186 Å². The molecule has 6 heteroatoms. The summed E-state index contributed by atoms with van der Waals surface area (Å²) in [5, 5.41) is 1.11. The molecule has 6 nitrogen and oxygen atoms in total. The summed E-state index contributed by atoms with van der Waals surface area (Å²) >= 11 is 0. The number of furan rings is 1. The van der Waals surface area contributed by atoms with Gasteiger partial charge in [0.15, 0.2) is 6.61 Å². The molecular formula is C26H25N3O3. The quantitative estimate of drug-likeness (QED) is 0.427. The molecule has 0 radical (unpaired) electrons. The van der Waals surface area contributed by atoms with Crippen LogP contribution >= 0.6 is 0 Å². The Bertz CT molecular complexity index is 1160. The largest absolute Gasteiger partial charge is 0.484 e. The van der Waals surface area contributed by atoms with Crippen molar-refractivity contribution >= 4 is 16.9 Å². The molecule has 3 heterocycles. The number of nitrogens with zero attached hydrogens (tertiary/aromatic N) is 3. The average Bonchev–Trinajstić information content (AvgIpc) is 3.21. The Hall–Kier alpha value is -3.67. The monoisotopic (exact) mass is 427 g/mol. The highest BCUT2D eigenvalue weighted by atomic mass is 16.5. The van der Waals surface area contributed by atoms with Crippen molar-refractivity contribution in [2.24, 2.45) is 0 Å². The molecule has 4 aromatic rings. The van der Waals surface area contributed by atoms with Crippen LogP contribution in [-0.2, 0) is 30.7 Å². The number of hydrogen-bond acceptors (Lipinski definition) is 5. The minimum absolute atomic E-state index is 0.0309. The molecule has 0 saturated heterocycles. The number of carbonyl (C=O) groups is 1. The molecule has 0 atom stereocenters. The van der Waals surface area contributed by atoms with Gasteiger partial charge in [0, 0.05) is 55.2 Å². The molecule has 0 fully saturated rings. The lowest BCUT2D eigenvalue weighted by molar-refractivity contribution is -0.134. The fourth-order valence-corrected chi connectivity index (χ4v) is 4.22. The minimum Gasteiger partial charge on any atom is -0.484 e. The van der Waals surface area contributed by atoms with E-state index in [1.807, 2.05) is 42.5 Å². The second kappa shape index (κ2) is 9.22. The van der Waals surface area contributed by atoms with Crippen LogP contribution in [0.15, 0.2) is 71.7 Å². The second-order valence-corrected chi connectivity index (χ2v) is 8.12. The second-order valence-electron chi connectivity index (χ2n) is 8.12. The van der Waals surface area contributed by atoms with Gasteiger partial charge in [0.2, 0.25) is 0 Å². The first-order valence-electron chi connectivity index (χ1n) is 11.0. The van der Waals surface area contributed by atoms with Crippen LogP contribution in [0.2, 0.25) is 0 Å². The zero-order valence-corrected chi connectivity index (χ0v) is 17.9. The number of aryl methyl sites for hydroxylation is 2. The number of hydrogen-bond donors (Lipinski definition) is 0. The Morgan fingerprint density at radius 2 is 1.81 bits per heavy atom. The van der Waals surface area contributed by atoms with Crippen molar-refractivity contribution in [2.45, 2.75) is 38.8 Å². The first-order valence-corrected chi connectivity index (χ1v) is 11.0. The normalized spacial score (nSPS) is 13.0. The highest BCUT2D eigenvalue weighted by Crippen LogP contribution is 2.34. The Morgan fingerprint density at radius 1 is 0.969 bits per heavy atom. The van der Waals surface area contributed by atoms with Gasteiger partial charge in [0.05, 0.1) is 0 Å². The van der Waals surface area contributed by atoms with Gasteiger partial charge in [-0.15, -0.1) is 0 Å². The molecule has 1 aliphatic rings. The van der Waals surface area contributed by atoms with Crippen LogP contribution in [0.3, 0.4) is 0 Å². The van der Waals surface area contributed by atoms with E-state index in [1.54, 1.807) is 29.7 Å². The van der Waals surface area contributed by atoms with Crippen LogP contribution in [0, 0.1) is 0 Å². The summed E-state index contributed by atoms with van der Waals surface area (Å²) in [6, 6.07) is 13.5. The minimum atomic E-state index is -0.0833. The highest BCUT2D eigenvalue weighted by Gasteiger charge is 2.19. The van der Waals surface area contributed by atoms with Crippen molar-refractivity contribution in [2.75, 3.05) is 6.61 Å². The molecule has 0 saturated carbocycles. The maximum atomic E-state index is 13.1. The molecule has 32 heavy (non-hydrogen) atoms. The zero-order chi connectivity index (χ0) is 21.8. The van der Waals surface area contributed by atoms with E-state index in [-0.39, 0.29) is 12.5 Å². The molecular weight excluding hydrogens is 402 g/mol. The van der Waals surface area contributed by atoms with E-state index in [2.05, 4.69) is 9.97 Å². The van der Waals surface area contributed by atoms with Gasteiger partial charge in [-0.2, -0.15) is 0 Å². The SMILES string of the molecule is O=C(COc1ccc2oc3c(c2c1)CCCC3)N(Cc1ccncc1)Cc1cccnc1. The predicted molar refractivity (Wildman–Crippen MR) is 121 cm³/mol. The van der Waals surface area contributed by atoms with Crippen LogP contribution in [0.4, 0.5) is 0 Å². The summed E-state index contributed by atoms with van der Waals surface area (Å²) in [5.74, 6) is 1.70. The van der Waals surface area contributed by atoms with Gasteiger partial charge in [0.25, 0.3) is 5.91 Å². The van der Waals surface area contributed by atoms with Crippen LogP contribution in [0.25, 0.3) is 11.0 Å². The third-order valence-corrected chi connectivity index (χ3v) is 5.86. The molecule has 1 aliphatic carbocycles. The number of fused-ring (bicyclic) bond motifs is 3. The van der Waals surface area contributed by atoms with Crippen molar-refractivity contribution in [3.05, 3.63) is 89.7 Å². The lowest BCUT2D eigenvalue weighted by atomic mass is 9.96. The summed E-state index contributed by atoms with van der Waals surface area (Å²) in [4.78, 5) is 23.1. The van der Waals surface area contributed by atoms with Gasteiger partial charge < -0.3 is 14.1 Å². The van der Waals surface area contributed by atoms with Gasteiger partial charge in [-0.1, -0.05) is 6.07 Å². The van der Waals surface area contributed by atoms with Crippen LogP contribution in [0.5, 0.6) is 5.75 Å². The number of pyridine rings is 2. The summed E-state index contributed by atoms with van der Waals surface area (Å²) in [6.45, 7) is 0.914. The van der Waals surface area contributed by atoms with E-state index in [9.17, 15) is 4.79 Å². The lowest BCUT2D eigenvalue weighted by Gasteiger charge is -2.23. The number of rotatable bonds is 7. The number of ether oxygens (including phenoxy) is 1. The number of benzene rings is 1. The third-order valence-electron chi connectivity index (χ3n) is 5.86. The molecule has 5 rings (SSSR count). The molecule has 1 amide bonds. The lowest BCUT2D eigenvalue weighted by Crippen LogP contribution is -2.34. The van der Waals surface area contributed by atoms with E-state index < -0.39 is 0 Å². The predicted octanol–water partition coefficient (Wildman–Crippen LogP) is 4.71. The van der Waals surface area contributed by atoms with Gasteiger partial charge in [-0.25, -0.2) is 0 Å². The molecule has 3 aromatic heterocycles. The summed E-state index contributed by atoms with van der Waals surface area (Å²) in [6.07, 6.45) is 11.4. The summed E-state index contributed by atoms with van der Waals surface area (Å²) < 4.78 is 11.9. The molecule has 0 spiro atoms. The topological polar surface area (TPSA) is 68.5 Å². The van der Waals surface area contributed by atoms with Crippen molar-refractivity contribution in [1.82, 2.24) is 14.9 Å². The Balaban J connectivity index is 1.31. The van der Waals surface area contributed by atoms with Crippen LogP contribution in [-0.4, -0.2) is 27.4 Å². The fraction of sp³-hybridized carbons (Fsp3) is 0.269. The standard InChI is InChI=1S/C26H25N3O3/c30-26(29(16-19-9-12-27-13-10-19)17-20-4-3-11-28-15-20)18-31-21-7-8-25-23(14-21)22-5-1-2-6-24(22)32-25/h3-4,7-15H,1-2,5-6,16-18H2. The molecule has 0 aliphatic heterocycles. The highest BCUT2D eigenvalue weighted by molar-refractivity contribution is 5.84. The van der Waals surface area contributed by atoms with Crippen molar-refractivity contribution in [1.29, 1.82) is 0 Å². The molecule has 0 bridgehead atoms. The van der Waals surface area contributed by atoms with E-state index in [4.69, 9.17) is 9.15 Å². The van der Waals surface area contributed by atoms with Crippen molar-refractivity contribution in [3.63, 3.8) is 0 Å². The van der Waals surface area contributed by atoms with E-state index >= 15 is 0 Å². The molecule has 162 valence electrons. The number of carbonyl (C=O) groups excluding carboxylic acids is 1. The average molecular weight is 428 g/mol. The van der Waals surface area contributed by atoms with Gasteiger partial charge in [-0.05, 0) is 66.8 Å². The first-order chi connectivity index (χ1) is 15.8.